The fourth-order valence-corrected chi connectivity index (χ4v) is 2.55. The van der Waals surface area contributed by atoms with Gasteiger partial charge >= 0.3 is 0 Å². The van der Waals surface area contributed by atoms with Crippen LogP contribution in [0.3, 0.4) is 0 Å². The molecular formula is C15H13BrCl2O2. The van der Waals surface area contributed by atoms with Crippen LogP contribution in [0, 0.1) is 0 Å². The highest BCUT2D eigenvalue weighted by molar-refractivity contribution is 9.10. The summed E-state index contributed by atoms with van der Waals surface area (Å²) < 4.78 is 6.64. The van der Waals surface area contributed by atoms with E-state index in [4.69, 9.17) is 27.9 Å². The number of aliphatic hydroxyl groups excluding tert-OH is 1. The van der Waals surface area contributed by atoms with Gasteiger partial charge in [-0.2, -0.15) is 0 Å². The maximum absolute atomic E-state index is 9.78. The summed E-state index contributed by atoms with van der Waals surface area (Å²) in [5.41, 5.74) is 1.52. The standard InChI is InChI=1S/C15H13BrCl2O2/c1-9(19)12-7-11(16)5-6-14(12)20-8-10-3-2-4-13(17)15(10)18/h2-7,9,19H,8H2,1H3/t9-/m0/s1. The molecule has 1 atom stereocenters. The van der Waals surface area contributed by atoms with Gasteiger partial charge in [-0.15, -0.1) is 0 Å². The monoisotopic (exact) mass is 374 g/mol. The SMILES string of the molecule is C[C@H](O)c1cc(Br)ccc1OCc1cccc(Cl)c1Cl. The third-order valence-corrected chi connectivity index (χ3v) is 4.19. The summed E-state index contributed by atoms with van der Waals surface area (Å²) in [5.74, 6) is 0.624. The number of aliphatic hydroxyl groups is 1. The van der Waals surface area contributed by atoms with Crippen molar-refractivity contribution in [1.29, 1.82) is 0 Å². The molecule has 2 nitrogen and oxygen atoms in total. The van der Waals surface area contributed by atoms with E-state index in [1.54, 1.807) is 13.0 Å². The van der Waals surface area contributed by atoms with Crippen molar-refractivity contribution in [2.45, 2.75) is 19.6 Å². The fourth-order valence-electron chi connectivity index (χ4n) is 1.79. The van der Waals surface area contributed by atoms with Crippen LogP contribution < -0.4 is 4.74 Å². The molecule has 106 valence electrons. The van der Waals surface area contributed by atoms with Gasteiger partial charge in [0, 0.05) is 15.6 Å². The van der Waals surface area contributed by atoms with E-state index in [0.717, 1.165) is 15.6 Å². The van der Waals surface area contributed by atoms with E-state index in [2.05, 4.69) is 15.9 Å². The van der Waals surface area contributed by atoms with Crippen molar-refractivity contribution < 1.29 is 9.84 Å². The number of halogens is 3. The van der Waals surface area contributed by atoms with Gasteiger partial charge in [0.15, 0.2) is 0 Å². The first kappa shape index (κ1) is 15.6. The van der Waals surface area contributed by atoms with Gasteiger partial charge < -0.3 is 9.84 Å². The molecule has 0 unspecified atom stereocenters. The normalized spacial score (nSPS) is 12.2. The Morgan fingerprint density at radius 3 is 2.70 bits per heavy atom. The summed E-state index contributed by atoms with van der Waals surface area (Å²) in [6, 6.07) is 10.9. The maximum Gasteiger partial charge on any atom is 0.125 e. The lowest BCUT2D eigenvalue weighted by Crippen LogP contribution is -2.01. The first-order valence-corrected chi connectivity index (χ1v) is 7.57. The Morgan fingerprint density at radius 2 is 2.00 bits per heavy atom. The van der Waals surface area contributed by atoms with Gasteiger partial charge in [0.05, 0.1) is 16.1 Å². The Morgan fingerprint density at radius 1 is 1.25 bits per heavy atom. The summed E-state index contributed by atoms with van der Waals surface area (Å²) in [4.78, 5) is 0. The molecule has 0 aliphatic rings. The number of hydrogen-bond acceptors (Lipinski definition) is 2. The molecule has 0 aliphatic heterocycles. The predicted molar refractivity (Wildman–Crippen MR) is 85.6 cm³/mol. The summed E-state index contributed by atoms with van der Waals surface area (Å²) in [6.45, 7) is 1.99. The molecule has 0 fully saturated rings. The van der Waals surface area contributed by atoms with Crippen molar-refractivity contribution in [2.75, 3.05) is 0 Å². The third-order valence-electron chi connectivity index (χ3n) is 2.84. The molecule has 2 aromatic rings. The van der Waals surface area contributed by atoms with E-state index in [0.29, 0.717) is 22.4 Å². The van der Waals surface area contributed by atoms with Crippen molar-refractivity contribution in [3.63, 3.8) is 0 Å². The topological polar surface area (TPSA) is 29.5 Å². The molecule has 1 N–H and O–H groups in total. The minimum atomic E-state index is -0.614. The average Bonchev–Trinajstić information content (AvgIpc) is 2.41. The van der Waals surface area contributed by atoms with Crippen molar-refractivity contribution >= 4 is 39.1 Å². The van der Waals surface area contributed by atoms with Crippen LogP contribution in [0.15, 0.2) is 40.9 Å². The highest BCUT2D eigenvalue weighted by atomic mass is 79.9. The molecule has 0 aliphatic carbocycles. The summed E-state index contributed by atoms with van der Waals surface area (Å²) >= 11 is 15.5. The Labute approximate surface area is 136 Å². The van der Waals surface area contributed by atoms with Crippen LogP contribution in [0.1, 0.15) is 24.2 Å². The van der Waals surface area contributed by atoms with Crippen LogP contribution in [-0.4, -0.2) is 5.11 Å². The Kier molecular flexibility index (Phi) is 5.33. The molecule has 0 saturated heterocycles. The van der Waals surface area contributed by atoms with Crippen LogP contribution in [0.5, 0.6) is 5.75 Å². The molecule has 0 heterocycles. The minimum absolute atomic E-state index is 0.292. The molecule has 0 spiro atoms. The zero-order valence-corrected chi connectivity index (χ0v) is 13.8. The second-order valence-corrected chi connectivity index (χ2v) is 6.06. The van der Waals surface area contributed by atoms with Crippen molar-refractivity contribution in [3.8, 4) is 5.75 Å². The maximum atomic E-state index is 9.78. The highest BCUT2D eigenvalue weighted by Crippen LogP contribution is 2.31. The highest BCUT2D eigenvalue weighted by Gasteiger charge is 2.11. The van der Waals surface area contributed by atoms with Crippen LogP contribution in [0.2, 0.25) is 10.0 Å². The molecule has 2 aromatic carbocycles. The number of hydrogen-bond donors (Lipinski definition) is 1. The second-order valence-electron chi connectivity index (χ2n) is 4.36. The van der Waals surface area contributed by atoms with Crippen LogP contribution in [0.25, 0.3) is 0 Å². The molecule has 0 aromatic heterocycles. The summed E-state index contributed by atoms with van der Waals surface area (Å²) in [5, 5.41) is 10.8. The molecule has 2 rings (SSSR count). The largest absolute Gasteiger partial charge is 0.488 e. The number of ether oxygens (including phenoxy) is 1. The molecule has 0 amide bonds. The van der Waals surface area contributed by atoms with Crippen molar-refractivity contribution in [1.82, 2.24) is 0 Å². The van der Waals surface area contributed by atoms with E-state index in [1.165, 1.54) is 0 Å². The average molecular weight is 376 g/mol. The molecule has 0 radical (unpaired) electrons. The molecule has 20 heavy (non-hydrogen) atoms. The van der Waals surface area contributed by atoms with Crippen LogP contribution in [0.4, 0.5) is 0 Å². The zero-order valence-electron chi connectivity index (χ0n) is 10.7. The summed E-state index contributed by atoms with van der Waals surface area (Å²) in [6.07, 6.45) is -0.614. The zero-order chi connectivity index (χ0) is 14.7. The lowest BCUT2D eigenvalue weighted by atomic mass is 10.1. The van der Waals surface area contributed by atoms with Crippen LogP contribution in [-0.2, 0) is 6.61 Å². The summed E-state index contributed by atoms with van der Waals surface area (Å²) in [7, 11) is 0. The van der Waals surface area contributed by atoms with E-state index in [1.807, 2.05) is 30.3 Å². The second kappa shape index (κ2) is 6.81. The molecule has 5 heteroatoms. The lowest BCUT2D eigenvalue weighted by molar-refractivity contribution is 0.190. The van der Waals surface area contributed by atoms with Gasteiger partial charge in [-0.05, 0) is 31.2 Å². The van der Waals surface area contributed by atoms with E-state index in [9.17, 15) is 5.11 Å². The van der Waals surface area contributed by atoms with E-state index < -0.39 is 6.10 Å². The Bertz CT molecular complexity index is 615. The smallest absolute Gasteiger partial charge is 0.125 e. The Balaban J connectivity index is 2.21. The molecule has 0 saturated carbocycles. The number of rotatable bonds is 4. The van der Waals surface area contributed by atoms with Gasteiger partial charge in [-0.25, -0.2) is 0 Å². The van der Waals surface area contributed by atoms with Gasteiger partial charge in [-0.1, -0.05) is 51.3 Å². The Hall–Kier alpha value is -0.740. The van der Waals surface area contributed by atoms with Gasteiger partial charge in [-0.3, -0.25) is 0 Å². The van der Waals surface area contributed by atoms with Gasteiger partial charge in [0.2, 0.25) is 0 Å². The van der Waals surface area contributed by atoms with Crippen LogP contribution >= 0.6 is 39.1 Å². The van der Waals surface area contributed by atoms with Gasteiger partial charge in [0.25, 0.3) is 0 Å². The molecular weight excluding hydrogens is 363 g/mol. The first-order chi connectivity index (χ1) is 9.49. The van der Waals surface area contributed by atoms with E-state index >= 15 is 0 Å². The molecule has 0 bridgehead atoms. The predicted octanol–water partition coefficient (Wildman–Crippen LogP) is 5.39. The number of benzene rings is 2. The third kappa shape index (κ3) is 3.67. The fraction of sp³-hybridized carbons (Fsp3) is 0.200. The lowest BCUT2D eigenvalue weighted by Gasteiger charge is -2.14. The minimum Gasteiger partial charge on any atom is -0.488 e. The van der Waals surface area contributed by atoms with Gasteiger partial charge in [0.1, 0.15) is 12.4 Å². The van der Waals surface area contributed by atoms with E-state index in [-0.39, 0.29) is 0 Å². The van der Waals surface area contributed by atoms with Crippen molar-refractivity contribution in [2.24, 2.45) is 0 Å². The quantitative estimate of drug-likeness (QED) is 0.776. The first-order valence-electron chi connectivity index (χ1n) is 6.02. The van der Waals surface area contributed by atoms with Crippen molar-refractivity contribution in [3.05, 3.63) is 62.0 Å².